The van der Waals surface area contributed by atoms with Crippen LogP contribution < -0.4 is 5.32 Å². The summed E-state index contributed by atoms with van der Waals surface area (Å²) in [5, 5.41) is 5.91. The second-order valence-corrected chi connectivity index (χ2v) is 5.76. The average Bonchev–Trinajstić information content (AvgIpc) is 2.50. The Kier molecular flexibility index (Phi) is 4.00. The third-order valence-electron chi connectivity index (χ3n) is 3.44. The van der Waals surface area contributed by atoms with Gasteiger partial charge in [-0.2, -0.15) is 0 Å². The zero-order chi connectivity index (χ0) is 14.8. The van der Waals surface area contributed by atoms with Gasteiger partial charge in [-0.05, 0) is 48.9 Å². The molecule has 1 atom stereocenters. The van der Waals surface area contributed by atoms with E-state index in [4.69, 9.17) is 23.2 Å². The molecule has 0 amide bonds. The van der Waals surface area contributed by atoms with E-state index in [0.717, 1.165) is 27.2 Å². The Hall–Kier alpha value is -1.77. The number of aromatic nitrogens is 1. The van der Waals surface area contributed by atoms with Crippen LogP contribution in [0.5, 0.6) is 0 Å². The Morgan fingerprint density at radius 3 is 2.71 bits per heavy atom. The zero-order valence-electron chi connectivity index (χ0n) is 11.5. The molecule has 1 N–H and O–H groups in total. The molecule has 2 aromatic carbocycles. The van der Waals surface area contributed by atoms with Gasteiger partial charge in [0.05, 0.1) is 10.5 Å². The van der Waals surface area contributed by atoms with Crippen molar-refractivity contribution in [2.45, 2.75) is 13.0 Å². The van der Waals surface area contributed by atoms with Crippen LogP contribution in [0.3, 0.4) is 0 Å². The predicted octanol–water partition coefficient (Wildman–Crippen LogP) is 5.71. The summed E-state index contributed by atoms with van der Waals surface area (Å²) in [6, 6.07) is 15.8. The standard InChI is InChI=1S/C17H14Cl2N2/c1-11(12-4-2-5-13(18)10-12)21-16-8-7-15(19)17-14(16)6-3-9-20-17/h2-11,21H,1H3. The molecule has 21 heavy (non-hydrogen) atoms. The molecule has 0 saturated heterocycles. The first-order valence-electron chi connectivity index (χ1n) is 6.70. The maximum absolute atomic E-state index is 6.20. The van der Waals surface area contributed by atoms with Gasteiger partial charge in [0.2, 0.25) is 0 Å². The minimum Gasteiger partial charge on any atom is -0.378 e. The summed E-state index contributed by atoms with van der Waals surface area (Å²) in [5.74, 6) is 0. The highest BCUT2D eigenvalue weighted by Crippen LogP contribution is 2.30. The minimum absolute atomic E-state index is 0.133. The number of nitrogens with one attached hydrogen (secondary N) is 1. The molecule has 0 saturated carbocycles. The van der Waals surface area contributed by atoms with Crippen molar-refractivity contribution >= 4 is 39.8 Å². The van der Waals surface area contributed by atoms with Gasteiger partial charge in [0.25, 0.3) is 0 Å². The summed E-state index contributed by atoms with van der Waals surface area (Å²) < 4.78 is 0. The Morgan fingerprint density at radius 2 is 1.90 bits per heavy atom. The van der Waals surface area contributed by atoms with E-state index >= 15 is 0 Å². The molecule has 1 heterocycles. The zero-order valence-corrected chi connectivity index (χ0v) is 13.0. The molecule has 2 nitrogen and oxygen atoms in total. The maximum Gasteiger partial charge on any atom is 0.0908 e. The van der Waals surface area contributed by atoms with E-state index < -0.39 is 0 Å². The number of pyridine rings is 1. The van der Waals surface area contributed by atoms with Crippen molar-refractivity contribution in [3.05, 3.63) is 70.3 Å². The van der Waals surface area contributed by atoms with Gasteiger partial charge in [-0.15, -0.1) is 0 Å². The highest BCUT2D eigenvalue weighted by Gasteiger charge is 2.10. The summed E-state index contributed by atoms with van der Waals surface area (Å²) in [6.07, 6.45) is 1.75. The predicted molar refractivity (Wildman–Crippen MR) is 90.2 cm³/mol. The van der Waals surface area contributed by atoms with Crippen LogP contribution in [0, 0.1) is 0 Å². The summed E-state index contributed by atoms with van der Waals surface area (Å²) in [5.41, 5.74) is 2.95. The first kappa shape index (κ1) is 14.2. The van der Waals surface area contributed by atoms with Crippen molar-refractivity contribution in [1.29, 1.82) is 0 Å². The molecule has 0 aliphatic rings. The number of benzene rings is 2. The minimum atomic E-state index is 0.133. The normalized spacial score (nSPS) is 12.3. The van der Waals surface area contributed by atoms with Gasteiger partial charge in [0.1, 0.15) is 0 Å². The molecule has 3 aromatic rings. The number of rotatable bonds is 3. The topological polar surface area (TPSA) is 24.9 Å². The molecule has 0 spiro atoms. The summed E-state index contributed by atoms with van der Waals surface area (Å²) >= 11 is 12.2. The Morgan fingerprint density at radius 1 is 1.05 bits per heavy atom. The van der Waals surface area contributed by atoms with Gasteiger partial charge < -0.3 is 5.32 Å². The van der Waals surface area contributed by atoms with Gasteiger partial charge in [0.15, 0.2) is 0 Å². The van der Waals surface area contributed by atoms with Crippen molar-refractivity contribution in [3.63, 3.8) is 0 Å². The van der Waals surface area contributed by atoms with E-state index in [1.807, 2.05) is 42.5 Å². The molecule has 0 aliphatic heterocycles. The summed E-state index contributed by atoms with van der Waals surface area (Å²) in [4.78, 5) is 4.34. The van der Waals surface area contributed by atoms with Gasteiger partial charge in [-0.25, -0.2) is 0 Å². The fourth-order valence-corrected chi connectivity index (χ4v) is 2.77. The number of fused-ring (bicyclic) bond motifs is 1. The first-order chi connectivity index (χ1) is 10.1. The van der Waals surface area contributed by atoms with E-state index in [2.05, 4.69) is 23.3 Å². The highest BCUT2D eigenvalue weighted by atomic mass is 35.5. The van der Waals surface area contributed by atoms with Crippen LogP contribution in [0.15, 0.2) is 54.7 Å². The van der Waals surface area contributed by atoms with E-state index in [1.165, 1.54) is 0 Å². The molecule has 0 radical (unpaired) electrons. The molecule has 4 heteroatoms. The monoisotopic (exact) mass is 316 g/mol. The molecule has 106 valence electrons. The fourth-order valence-electron chi connectivity index (χ4n) is 2.36. The number of hydrogen-bond acceptors (Lipinski definition) is 2. The quantitative estimate of drug-likeness (QED) is 0.669. The summed E-state index contributed by atoms with van der Waals surface area (Å²) in [6.45, 7) is 2.10. The first-order valence-corrected chi connectivity index (χ1v) is 7.46. The Labute approximate surface area is 133 Å². The smallest absolute Gasteiger partial charge is 0.0908 e. The van der Waals surface area contributed by atoms with Crippen LogP contribution in [0.1, 0.15) is 18.5 Å². The van der Waals surface area contributed by atoms with Crippen LogP contribution in [0.25, 0.3) is 10.9 Å². The number of nitrogens with zero attached hydrogens (tertiary/aromatic N) is 1. The largest absolute Gasteiger partial charge is 0.378 e. The van der Waals surface area contributed by atoms with Crippen LogP contribution in [-0.4, -0.2) is 4.98 Å². The Balaban J connectivity index is 1.97. The summed E-state index contributed by atoms with van der Waals surface area (Å²) in [7, 11) is 0. The molecule has 0 fully saturated rings. The number of anilines is 1. The lowest BCUT2D eigenvalue weighted by Crippen LogP contribution is -2.07. The van der Waals surface area contributed by atoms with E-state index in [9.17, 15) is 0 Å². The molecular weight excluding hydrogens is 303 g/mol. The molecule has 3 rings (SSSR count). The molecule has 0 aliphatic carbocycles. The van der Waals surface area contributed by atoms with Crippen molar-refractivity contribution < 1.29 is 0 Å². The van der Waals surface area contributed by atoms with Gasteiger partial charge in [-0.1, -0.05) is 35.3 Å². The van der Waals surface area contributed by atoms with E-state index in [-0.39, 0.29) is 6.04 Å². The van der Waals surface area contributed by atoms with Gasteiger partial charge in [-0.3, -0.25) is 4.98 Å². The fraction of sp³-hybridized carbons (Fsp3) is 0.118. The second-order valence-electron chi connectivity index (χ2n) is 4.92. The average molecular weight is 317 g/mol. The number of halogens is 2. The third kappa shape index (κ3) is 2.97. The van der Waals surface area contributed by atoms with Gasteiger partial charge >= 0.3 is 0 Å². The Bertz CT molecular complexity index is 787. The third-order valence-corrected chi connectivity index (χ3v) is 3.98. The molecule has 1 unspecified atom stereocenters. The van der Waals surface area contributed by atoms with Crippen LogP contribution in [0.2, 0.25) is 10.0 Å². The van der Waals surface area contributed by atoms with E-state index in [1.54, 1.807) is 6.20 Å². The molecule has 1 aromatic heterocycles. The lowest BCUT2D eigenvalue weighted by Gasteiger charge is -2.17. The maximum atomic E-state index is 6.20. The van der Waals surface area contributed by atoms with Gasteiger partial charge in [0, 0.05) is 28.3 Å². The molecular formula is C17H14Cl2N2. The SMILES string of the molecule is CC(Nc1ccc(Cl)c2ncccc12)c1cccc(Cl)c1. The molecule has 0 bridgehead atoms. The van der Waals surface area contributed by atoms with Crippen molar-refractivity contribution in [1.82, 2.24) is 4.98 Å². The van der Waals surface area contributed by atoms with Crippen LogP contribution in [0.4, 0.5) is 5.69 Å². The number of hydrogen-bond donors (Lipinski definition) is 1. The lowest BCUT2D eigenvalue weighted by molar-refractivity contribution is 0.887. The van der Waals surface area contributed by atoms with Crippen molar-refractivity contribution in [3.8, 4) is 0 Å². The van der Waals surface area contributed by atoms with E-state index in [0.29, 0.717) is 5.02 Å². The van der Waals surface area contributed by atoms with Crippen molar-refractivity contribution in [2.24, 2.45) is 0 Å². The highest BCUT2D eigenvalue weighted by molar-refractivity contribution is 6.35. The second kappa shape index (κ2) is 5.92. The van der Waals surface area contributed by atoms with Crippen molar-refractivity contribution in [2.75, 3.05) is 5.32 Å². The van der Waals surface area contributed by atoms with Crippen LogP contribution >= 0.6 is 23.2 Å². The lowest BCUT2D eigenvalue weighted by atomic mass is 10.1. The van der Waals surface area contributed by atoms with Crippen LogP contribution in [-0.2, 0) is 0 Å².